The lowest BCUT2D eigenvalue weighted by Gasteiger charge is -2.33. The number of piperidine rings is 1. The number of nitrogens with one attached hydrogen (secondary N) is 1. The van der Waals surface area contributed by atoms with Crippen LogP contribution in [0.25, 0.3) is 17.0 Å². The fourth-order valence-corrected chi connectivity index (χ4v) is 4.33. The minimum Gasteiger partial charge on any atom is -0.497 e. The van der Waals surface area contributed by atoms with Crippen LogP contribution in [-0.2, 0) is 0 Å². The number of benzene rings is 2. The predicted octanol–water partition coefficient (Wildman–Crippen LogP) is 4.32. The van der Waals surface area contributed by atoms with Crippen molar-refractivity contribution >= 4 is 17.0 Å². The van der Waals surface area contributed by atoms with Crippen LogP contribution >= 0.6 is 0 Å². The summed E-state index contributed by atoms with van der Waals surface area (Å²) in [5, 5.41) is 15.3. The van der Waals surface area contributed by atoms with E-state index in [0.29, 0.717) is 24.7 Å². The molecule has 0 saturated carbocycles. The Balaban J connectivity index is 1.26. The monoisotopic (exact) mass is 453 g/mol. The molecule has 0 bridgehead atoms. The molecule has 33 heavy (non-hydrogen) atoms. The van der Waals surface area contributed by atoms with Gasteiger partial charge in [-0.05, 0) is 73.5 Å². The SMILES string of the molecule is COc1ccc2nccc([C@@H](O)CN3CCC(NC/C=C/c4cc(F)cc(F)c4)CC3)c2c1. The number of fused-ring (bicyclic) bond motifs is 1. The molecule has 0 aliphatic carbocycles. The molecule has 1 aliphatic rings. The molecular weight excluding hydrogens is 424 g/mol. The summed E-state index contributed by atoms with van der Waals surface area (Å²) in [5.74, 6) is -0.403. The van der Waals surface area contributed by atoms with Crippen molar-refractivity contribution in [1.29, 1.82) is 0 Å². The molecule has 1 atom stereocenters. The molecule has 2 heterocycles. The number of aliphatic hydroxyl groups excluding tert-OH is 1. The number of methoxy groups -OCH3 is 1. The van der Waals surface area contributed by atoms with Crippen LogP contribution in [0.1, 0.15) is 30.1 Å². The third-order valence-electron chi connectivity index (χ3n) is 6.08. The number of hydrogen-bond donors (Lipinski definition) is 2. The highest BCUT2D eigenvalue weighted by Crippen LogP contribution is 2.27. The fourth-order valence-electron chi connectivity index (χ4n) is 4.33. The molecule has 0 spiro atoms. The standard InChI is InChI=1S/C26H29F2N3O2/c1-33-22-4-5-25-24(16-22)23(6-10-30-25)26(32)17-31-11-7-21(8-12-31)29-9-2-3-18-13-19(27)15-20(28)14-18/h2-6,10,13-16,21,26,29,32H,7-9,11-12,17H2,1H3/b3-2+/t26-/m0/s1. The Morgan fingerprint density at radius 3 is 2.64 bits per heavy atom. The lowest BCUT2D eigenvalue weighted by molar-refractivity contribution is 0.0955. The van der Waals surface area contributed by atoms with Crippen LogP contribution in [0.4, 0.5) is 8.78 Å². The van der Waals surface area contributed by atoms with E-state index in [1.807, 2.05) is 30.3 Å². The summed E-state index contributed by atoms with van der Waals surface area (Å²) in [7, 11) is 1.63. The summed E-state index contributed by atoms with van der Waals surface area (Å²) in [6.07, 6.45) is 6.67. The van der Waals surface area contributed by atoms with Gasteiger partial charge >= 0.3 is 0 Å². The van der Waals surface area contributed by atoms with E-state index in [1.165, 1.54) is 12.1 Å². The molecule has 1 aromatic heterocycles. The minimum atomic E-state index is -0.610. The lowest BCUT2D eigenvalue weighted by Crippen LogP contribution is -2.43. The Bertz CT molecular complexity index is 1090. The molecule has 1 aliphatic heterocycles. The first kappa shape index (κ1) is 23.3. The zero-order valence-corrected chi connectivity index (χ0v) is 18.7. The van der Waals surface area contributed by atoms with Gasteiger partial charge in [-0.25, -0.2) is 8.78 Å². The van der Waals surface area contributed by atoms with Gasteiger partial charge in [-0.15, -0.1) is 0 Å². The van der Waals surface area contributed by atoms with Gasteiger partial charge in [0.1, 0.15) is 17.4 Å². The average Bonchev–Trinajstić information content (AvgIpc) is 2.81. The number of hydrogen-bond acceptors (Lipinski definition) is 5. The molecule has 2 aromatic carbocycles. The topological polar surface area (TPSA) is 57.6 Å². The molecule has 3 aromatic rings. The van der Waals surface area contributed by atoms with Gasteiger partial charge in [-0.1, -0.05) is 12.2 Å². The third-order valence-corrected chi connectivity index (χ3v) is 6.08. The Kier molecular flexibility index (Phi) is 7.65. The molecule has 1 saturated heterocycles. The number of ether oxygens (including phenoxy) is 1. The van der Waals surface area contributed by atoms with Crippen molar-refractivity contribution in [3.63, 3.8) is 0 Å². The van der Waals surface area contributed by atoms with Gasteiger partial charge in [0, 0.05) is 36.8 Å². The van der Waals surface area contributed by atoms with E-state index < -0.39 is 17.7 Å². The smallest absolute Gasteiger partial charge is 0.126 e. The van der Waals surface area contributed by atoms with E-state index in [2.05, 4.69) is 15.2 Å². The molecule has 0 radical (unpaired) electrons. The van der Waals surface area contributed by atoms with Gasteiger partial charge < -0.3 is 20.1 Å². The van der Waals surface area contributed by atoms with Crippen LogP contribution in [0.5, 0.6) is 5.75 Å². The maximum Gasteiger partial charge on any atom is 0.126 e. The van der Waals surface area contributed by atoms with Crippen LogP contribution in [0.3, 0.4) is 0 Å². The molecular formula is C26H29F2N3O2. The Hall–Kier alpha value is -2.87. The lowest BCUT2D eigenvalue weighted by atomic mass is 10.0. The third kappa shape index (κ3) is 6.13. The van der Waals surface area contributed by atoms with E-state index in [1.54, 1.807) is 19.4 Å². The van der Waals surface area contributed by atoms with Crippen molar-refractivity contribution in [2.75, 3.05) is 33.3 Å². The zero-order chi connectivity index (χ0) is 23.2. The highest BCUT2D eigenvalue weighted by atomic mass is 19.1. The molecule has 5 nitrogen and oxygen atoms in total. The number of β-amino-alcohol motifs (C(OH)–C–C–N with tert-alkyl or cyclic N) is 1. The number of aliphatic hydroxyl groups is 1. The van der Waals surface area contributed by atoms with Crippen LogP contribution in [0.15, 0.2) is 54.7 Å². The summed E-state index contributed by atoms with van der Waals surface area (Å²) in [6.45, 7) is 2.98. The normalized spacial score (nSPS) is 16.5. The summed E-state index contributed by atoms with van der Waals surface area (Å²) in [5.41, 5.74) is 2.21. The maximum atomic E-state index is 13.3. The second kappa shape index (κ2) is 10.8. The first-order valence-corrected chi connectivity index (χ1v) is 11.2. The number of rotatable bonds is 8. The van der Waals surface area contributed by atoms with Crippen molar-refractivity contribution in [2.45, 2.75) is 25.0 Å². The van der Waals surface area contributed by atoms with E-state index in [0.717, 1.165) is 54.2 Å². The first-order chi connectivity index (χ1) is 16.0. The molecule has 2 N–H and O–H groups in total. The molecule has 1 fully saturated rings. The largest absolute Gasteiger partial charge is 0.497 e. The van der Waals surface area contributed by atoms with Gasteiger partial charge in [-0.3, -0.25) is 4.98 Å². The van der Waals surface area contributed by atoms with Crippen LogP contribution in [-0.4, -0.2) is 54.3 Å². The zero-order valence-electron chi connectivity index (χ0n) is 18.7. The molecule has 174 valence electrons. The summed E-state index contributed by atoms with van der Waals surface area (Å²) in [6, 6.07) is 11.4. The number of pyridine rings is 1. The second-order valence-electron chi connectivity index (χ2n) is 8.39. The molecule has 4 rings (SSSR count). The van der Waals surface area contributed by atoms with E-state index in [4.69, 9.17) is 4.74 Å². The summed E-state index contributed by atoms with van der Waals surface area (Å²) < 4.78 is 31.8. The van der Waals surface area contributed by atoms with Crippen molar-refractivity contribution in [2.24, 2.45) is 0 Å². The number of likely N-dealkylation sites (tertiary alicyclic amines) is 1. The van der Waals surface area contributed by atoms with Crippen molar-refractivity contribution in [3.8, 4) is 5.75 Å². The number of aromatic nitrogens is 1. The van der Waals surface area contributed by atoms with E-state index in [-0.39, 0.29) is 0 Å². The van der Waals surface area contributed by atoms with Crippen molar-refractivity contribution in [1.82, 2.24) is 15.2 Å². The second-order valence-corrected chi connectivity index (χ2v) is 8.39. The van der Waals surface area contributed by atoms with Crippen LogP contribution < -0.4 is 10.1 Å². The maximum absolute atomic E-state index is 13.3. The predicted molar refractivity (Wildman–Crippen MR) is 126 cm³/mol. The highest BCUT2D eigenvalue weighted by molar-refractivity contribution is 5.83. The number of halogens is 2. The van der Waals surface area contributed by atoms with Crippen molar-refractivity contribution < 1.29 is 18.6 Å². The summed E-state index contributed by atoms with van der Waals surface area (Å²) >= 11 is 0. The van der Waals surface area contributed by atoms with Gasteiger partial charge in [0.15, 0.2) is 0 Å². The van der Waals surface area contributed by atoms with Gasteiger partial charge in [0.25, 0.3) is 0 Å². The van der Waals surface area contributed by atoms with Gasteiger partial charge in [0.05, 0.1) is 18.7 Å². The number of nitrogens with zero attached hydrogens (tertiary/aromatic N) is 2. The Morgan fingerprint density at radius 2 is 1.91 bits per heavy atom. The van der Waals surface area contributed by atoms with Crippen molar-refractivity contribution in [3.05, 3.63) is 77.5 Å². The van der Waals surface area contributed by atoms with Gasteiger partial charge in [0.2, 0.25) is 0 Å². The van der Waals surface area contributed by atoms with Crippen LogP contribution in [0, 0.1) is 11.6 Å². The average molecular weight is 454 g/mol. The fraction of sp³-hybridized carbons (Fsp3) is 0.346. The highest BCUT2D eigenvalue weighted by Gasteiger charge is 2.22. The minimum absolute atomic E-state index is 0.373. The molecule has 0 unspecified atom stereocenters. The quantitative estimate of drug-likeness (QED) is 0.532. The first-order valence-electron chi connectivity index (χ1n) is 11.2. The van der Waals surface area contributed by atoms with Crippen LogP contribution in [0.2, 0.25) is 0 Å². The molecule has 7 heteroatoms. The van der Waals surface area contributed by atoms with E-state index >= 15 is 0 Å². The molecule has 0 amide bonds. The van der Waals surface area contributed by atoms with E-state index in [9.17, 15) is 13.9 Å². The Morgan fingerprint density at radius 1 is 1.15 bits per heavy atom. The Labute approximate surface area is 192 Å². The van der Waals surface area contributed by atoms with Gasteiger partial charge in [-0.2, -0.15) is 0 Å². The summed E-state index contributed by atoms with van der Waals surface area (Å²) in [4.78, 5) is 6.67.